The van der Waals surface area contributed by atoms with E-state index in [0.29, 0.717) is 5.75 Å². The Morgan fingerprint density at radius 3 is 2.09 bits per heavy atom. The van der Waals surface area contributed by atoms with Crippen LogP contribution in [0.25, 0.3) is 0 Å². The van der Waals surface area contributed by atoms with E-state index < -0.39 is 23.7 Å². The molecule has 1 N–H and O–H groups in total. The van der Waals surface area contributed by atoms with Crippen LogP contribution in [0.4, 0.5) is 18.9 Å². The van der Waals surface area contributed by atoms with Gasteiger partial charge in [-0.15, -0.1) is 0 Å². The normalized spacial score (nSPS) is 16.6. The maximum Gasteiger partial charge on any atom is 0.436 e. The molecule has 0 spiro atoms. The van der Waals surface area contributed by atoms with Crippen molar-refractivity contribution < 1.29 is 32.2 Å². The Labute approximate surface area is 190 Å². The number of amides is 1. The standard InChI is InChI=1S/C23H26F3N3O4/c1-3-33-21(31)22(23(24,25)26,27-20(30)17-7-5-4-6-8-17)29-15-13-28(14-16-29)18-9-11-19(32-2)12-10-18/h4-12H,3,13-16H2,1-2H3,(H,27,30)/t22-/m1/s1. The molecule has 0 radical (unpaired) electrons. The summed E-state index contributed by atoms with van der Waals surface area (Å²) in [4.78, 5) is 28.4. The van der Waals surface area contributed by atoms with Crippen molar-refractivity contribution in [1.82, 2.24) is 10.2 Å². The summed E-state index contributed by atoms with van der Waals surface area (Å²) in [6.45, 7) is 1.33. The minimum absolute atomic E-state index is 0.00675. The number of anilines is 1. The van der Waals surface area contributed by atoms with Gasteiger partial charge in [0.05, 0.1) is 13.7 Å². The van der Waals surface area contributed by atoms with Crippen molar-refractivity contribution in [2.45, 2.75) is 18.8 Å². The number of ether oxygens (including phenoxy) is 2. The third-order valence-corrected chi connectivity index (χ3v) is 5.50. The zero-order chi connectivity index (χ0) is 24.1. The lowest BCUT2D eigenvalue weighted by Gasteiger charge is -2.46. The average molecular weight is 465 g/mol. The number of rotatable bonds is 7. The monoisotopic (exact) mass is 465 g/mol. The first-order chi connectivity index (χ1) is 15.7. The third kappa shape index (κ3) is 5.05. The van der Waals surface area contributed by atoms with E-state index in [0.717, 1.165) is 10.6 Å². The molecule has 2 aromatic rings. The number of benzene rings is 2. The number of esters is 1. The Morgan fingerprint density at radius 1 is 0.970 bits per heavy atom. The fraction of sp³-hybridized carbons (Fsp3) is 0.391. The molecule has 1 atom stereocenters. The van der Waals surface area contributed by atoms with Gasteiger partial charge in [-0.2, -0.15) is 13.2 Å². The summed E-state index contributed by atoms with van der Waals surface area (Å²) in [5.74, 6) is -1.90. The van der Waals surface area contributed by atoms with E-state index in [1.807, 2.05) is 22.3 Å². The zero-order valence-electron chi connectivity index (χ0n) is 18.4. The fourth-order valence-corrected chi connectivity index (χ4v) is 3.78. The van der Waals surface area contributed by atoms with Gasteiger partial charge in [-0.1, -0.05) is 18.2 Å². The highest BCUT2D eigenvalue weighted by atomic mass is 19.4. The first-order valence-corrected chi connectivity index (χ1v) is 10.5. The van der Waals surface area contributed by atoms with Gasteiger partial charge in [-0.05, 0) is 43.3 Å². The van der Waals surface area contributed by atoms with E-state index in [1.165, 1.54) is 31.2 Å². The maximum absolute atomic E-state index is 14.5. The first kappa shape index (κ1) is 24.4. The smallest absolute Gasteiger partial charge is 0.436 e. The molecular formula is C23H26F3N3O4. The molecule has 1 heterocycles. The van der Waals surface area contributed by atoms with Crippen molar-refractivity contribution in [2.75, 3.05) is 44.8 Å². The van der Waals surface area contributed by atoms with Gasteiger partial charge in [0.2, 0.25) is 0 Å². The Morgan fingerprint density at radius 2 is 1.58 bits per heavy atom. The van der Waals surface area contributed by atoms with Crippen LogP contribution in [0.3, 0.4) is 0 Å². The van der Waals surface area contributed by atoms with Gasteiger partial charge in [0.1, 0.15) is 5.75 Å². The number of methoxy groups -OCH3 is 1. The van der Waals surface area contributed by atoms with Gasteiger partial charge in [0, 0.05) is 37.4 Å². The van der Waals surface area contributed by atoms with Crippen LogP contribution in [0.1, 0.15) is 17.3 Å². The van der Waals surface area contributed by atoms with Crippen molar-refractivity contribution in [1.29, 1.82) is 0 Å². The second kappa shape index (κ2) is 10.1. The second-order valence-electron chi connectivity index (χ2n) is 7.42. The van der Waals surface area contributed by atoms with Crippen molar-refractivity contribution in [3.05, 3.63) is 60.2 Å². The third-order valence-electron chi connectivity index (χ3n) is 5.50. The number of carbonyl (C=O) groups is 2. The largest absolute Gasteiger partial charge is 0.497 e. The van der Waals surface area contributed by atoms with Gasteiger partial charge < -0.3 is 19.7 Å². The van der Waals surface area contributed by atoms with Gasteiger partial charge in [0.15, 0.2) is 0 Å². The Bertz CT molecular complexity index is 946. The van der Waals surface area contributed by atoms with Crippen LogP contribution in [0.15, 0.2) is 54.6 Å². The quantitative estimate of drug-likeness (QED) is 0.634. The Hall–Kier alpha value is -3.27. The number of halogens is 3. The lowest BCUT2D eigenvalue weighted by Crippen LogP contribution is -2.75. The van der Waals surface area contributed by atoms with E-state index in [1.54, 1.807) is 25.3 Å². The zero-order valence-corrected chi connectivity index (χ0v) is 18.4. The summed E-state index contributed by atoms with van der Waals surface area (Å²) in [6, 6.07) is 14.6. The molecular weight excluding hydrogens is 439 g/mol. The molecule has 10 heteroatoms. The molecule has 0 bridgehead atoms. The van der Waals surface area contributed by atoms with Crippen molar-refractivity contribution in [2.24, 2.45) is 0 Å². The Balaban J connectivity index is 1.88. The SMILES string of the molecule is CCOC(=O)[C@@](NC(=O)c1ccccc1)(N1CCN(c2ccc(OC)cc2)CC1)C(F)(F)F. The molecule has 0 aliphatic carbocycles. The number of hydrogen-bond acceptors (Lipinski definition) is 6. The molecule has 1 amide bonds. The van der Waals surface area contributed by atoms with E-state index in [-0.39, 0.29) is 38.3 Å². The minimum atomic E-state index is -5.12. The summed E-state index contributed by atoms with van der Waals surface area (Å²) in [5.41, 5.74) is -2.48. The van der Waals surface area contributed by atoms with Crippen LogP contribution >= 0.6 is 0 Å². The highest BCUT2D eigenvalue weighted by Gasteiger charge is 2.66. The lowest BCUT2D eigenvalue weighted by molar-refractivity contribution is -0.247. The molecule has 1 aliphatic rings. The van der Waals surface area contributed by atoms with Gasteiger partial charge in [-0.3, -0.25) is 9.69 Å². The molecule has 33 heavy (non-hydrogen) atoms. The van der Waals surface area contributed by atoms with Crippen LogP contribution < -0.4 is 15.0 Å². The maximum atomic E-state index is 14.5. The highest BCUT2D eigenvalue weighted by molar-refractivity contribution is 5.98. The summed E-state index contributed by atoms with van der Waals surface area (Å²) in [6.07, 6.45) is -5.12. The average Bonchev–Trinajstić information content (AvgIpc) is 2.82. The van der Waals surface area contributed by atoms with Crippen LogP contribution in [-0.4, -0.2) is 68.5 Å². The van der Waals surface area contributed by atoms with E-state index in [2.05, 4.69) is 0 Å². The molecule has 178 valence electrons. The van der Waals surface area contributed by atoms with Crippen LogP contribution in [0, 0.1) is 0 Å². The van der Waals surface area contributed by atoms with Gasteiger partial charge in [-0.25, -0.2) is 4.79 Å². The second-order valence-corrected chi connectivity index (χ2v) is 7.42. The van der Waals surface area contributed by atoms with E-state index in [9.17, 15) is 22.8 Å². The predicted molar refractivity (Wildman–Crippen MR) is 116 cm³/mol. The van der Waals surface area contributed by atoms with Crippen molar-refractivity contribution in [3.8, 4) is 5.75 Å². The molecule has 0 saturated carbocycles. The molecule has 1 aliphatic heterocycles. The number of nitrogens with one attached hydrogen (secondary N) is 1. The fourth-order valence-electron chi connectivity index (χ4n) is 3.78. The topological polar surface area (TPSA) is 71.1 Å². The number of piperazine rings is 1. The van der Waals surface area contributed by atoms with Crippen LogP contribution in [0.2, 0.25) is 0 Å². The van der Waals surface area contributed by atoms with Gasteiger partial charge >= 0.3 is 12.1 Å². The summed E-state index contributed by atoms with van der Waals surface area (Å²) in [7, 11) is 1.55. The first-order valence-electron chi connectivity index (χ1n) is 10.5. The molecule has 1 fully saturated rings. The molecule has 3 rings (SSSR count). The predicted octanol–water partition coefficient (Wildman–Crippen LogP) is 3.07. The molecule has 7 nitrogen and oxygen atoms in total. The van der Waals surface area contributed by atoms with Gasteiger partial charge in [0.25, 0.3) is 11.6 Å². The van der Waals surface area contributed by atoms with Crippen molar-refractivity contribution in [3.63, 3.8) is 0 Å². The van der Waals surface area contributed by atoms with E-state index in [4.69, 9.17) is 9.47 Å². The summed E-state index contributed by atoms with van der Waals surface area (Å²) < 4.78 is 53.5. The number of nitrogens with zero attached hydrogens (tertiary/aromatic N) is 2. The molecule has 2 aromatic carbocycles. The summed E-state index contributed by atoms with van der Waals surface area (Å²) in [5, 5.41) is 1.96. The van der Waals surface area contributed by atoms with Crippen LogP contribution in [0.5, 0.6) is 5.75 Å². The van der Waals surface area contributed by atoms with Crippen molar-refractivity contribution >= 4 is 17.6 Å². The van der Waals surface area contributed by atoms with E-state index >= 15 is 0 Å². The number of alkyl halides is 3. The Kier molecular flexibility index (Phi) is 7.47. The number of carbonyl (C=O) groups excluding carboxylic acids is 2. The lowest BCUT2D eigenvalue weighted by atomic mass is 10.0. The minimum Gasteiger partial charge on any atom is -0.497 e. The summed E-state index contributed by atoms with van der Waals surface area (Å²) >= 11 is 0. The molecule has 1 saturated heterocycles. The number of hydrogen-bond donors (Lipinski definition) is 1. The molecule has 0 unspecified atom stereocenters. The van der Waals surface area contributed by atoms with Crippen LogP contribution in [-0.2, 0) is 9.53 Å². The molecule has 0 aromatic heterocycles. The highest BCUT2D eigenvalue weighted by Crippen LogP contribution is 2.36.